The Labute approximate surface area is 156 Å². The minimum Gasteiger partial charge on any atom is -0.368 e. The van der Waals surface area contributed by atoms with E-state index in [9.17, 15) is 18.4 Å². The van der Waals surface area contributed by atoms with Crippen LogP contribution < -0.4 is 10.2 Å². The van der Waals surface area contributed by atoms with Crippen LogP contribution in [0.3, 0.4) is 0 Å². The van der Waals surface area contributed by atoms with Gasteiger partial charge in [-0.3, -0.25) is 9.59 Å². The van der Waals surface area contributed by atoms with E-state index in [1.165, 1.54) is 18.2 Å². The van der Waals surface area contributed by atoms with Gasteiger partial charge < -0.3 is 15.1 Å². The molecule has 5 nitrogen and oxygen atoms in total. The number of nitrogens with zero attached hydrogens (tertiary/aromatic N) is 2. The van der Waals surface area contributed by atoms with E-state index in [2.05, 4.69) is 10.2 Å². The van der Waals surface area contributed by atoms with Crippen molar-refractivity contribution in [1.82, 2.24) is 10.2 Å². The monoisotopic (exact) mass is 373 g/mol. The summed E-state index contributed by atoms with van der Waals surface area (Å²) in [6.45, 7) is 2.28. The van der Waals surface area contributed by atoms with Gasteiger partial charge in [-0.25, -0.2) is 8.78 Å². The van der Waals surface area contributed by atoms with Gasteiger partial charge in [-0.15, -0.1) is 0 Å². The molecule has 0 atom stereocenters. The molecule has 27 heavy (non-hydrogen) atoms. The van der Waals surface area contributed by atoms with E-state index in [4.69, 9.17) is 0 Å². The Balaban J connectivity index is 1.44. The fraction of sp³-hybridized carbons (Fsp3) is 0.300. The number of piperazine rings is 1. The summed E-state index contributed by atoms with van der Waals surface area (Å²) in [6, 6.07) is 12.4. The number of nitrogens with one attached hydrogen (secondary N) is 1. The van der Waals surface area contributed by atoms with Gasteiger partial charge in [-0.1, -0.05) is 18.2 Å². The predicted molar refractivity (Wildman–Crippen MR) is 98.1 cm³/mol. The molecule has 1 saturated heterocycles. The average Bonchev–Trinajstić information content (AvgIpc) is 2.68. The Morgan fingerprint density at radius 1 is 0.926 bits per heavy atom. The summed E-state index contributed by atoms with van der Waals surface area (Å²) in [5, 5.41) is 2.58. The molecule has 0 radical (unpaired) electrons. The van der Waals surface area contributed by atoms with Crippen molar-refractivity contribution in [2.45, 2.75) is 13.0 Å². The maximum Gasteiger partial charge on any atom is 0.232 e. The average molecular weight is 373 g/mol. The number of anilines is 1. The molecule has 0 bridgehead atoms. The second-order valence-electron chi connectivity index (χ2n) is 6.39. The van der Waals surface area contributed by atoms with Gasteiger partial charge in [0.05, 0.1) is 0 Å². The van der Waals surface area contributed by atoms with Crippen LogP contribution in [0, 0.1) is 11.6 Å². The quantitative estimate of drug-likeness (QED) is 0.819. The third-order valence-corrected chi connectivity index (χ3v) is 4.57. The van der Waals surface area contributed by atoms with Gasteiger partial charge in [0.2, 0.25) is 11.8 Å². The maximum absolute atomic E-state index is 13.5. The van der Waals surface area contributed by atoms with E-state index in [1.807, 2.05) is 0 Å². The fourth-order valence-corrected chi connectivity index (χ4v) is 3.01. The van der Waals surface area contributed by atoms with Gasteiger partial charge in [0.1, 0.15) is 18.1 Å². The highest BCUT2D eigenvalue weighted by atomic mass is 19.1. The second kappa shape index (κ2) is 8.62. The summed E-state index contributed by atoms with van der Waals surface area (Å²) in [7, 11) is 0. The summed E-state index contributed by atoms with van der Waals surface area (Å²) in [5.41, 5.74) is 1.29. The molecule has 0 aliphatic carbocycles. The maximum atomic E-state index is 13.5. The van der Waals surface area contributed by atoms with Crippen molar-refractivity contribution in [2.24, 2.45) is 0 Å². The predicted octanol–water partition coefficient (Wildman–Crippen LogP) is 2.32. The molecule has 2 aromatic rings. The third kappa shape index (κ3) is 5.03. The lowest BCUT2D eigenvalue weighted by atomic mass is 10.2. The molecule has 7 heteroatoms. The second-order valence-corrected chi connectivity index (χ2v) is 6.39. The number of benzene rings is 2. The zero-order valence-electron chi connectivity index (χ0n) is 14.8. The molecule has 0 saturated carbocycles. The Bertz CT molecular complexity index is 803. The first-order chi connectivity index (χ1) is 13.0. The van der Waals surface area contributed by atoms with E-state index < -0.39 is 5.91 Å². The lowest BCUT2D eigenvalue weighted by molar-refractivity contribution is -0.136. The molecular formula is C20H21F2N3O2. The topological polar surface area (TPSA) is 52.7 Å². The van der Waals surface area contributed by atoms with Crippen LogP contribution in [0.1, 0.15) is 12.0 Å². The van der Waals surface area contributed by atoms with E-state index in [0.717, 1.165) is 5.69 Å². The molecule has 1 fully saturated rings. The molecule has 1 aliphatic heterocycles. The van der Waals surface area contributed by atoms with Gasteiger partial charge in [-0.2, -0.15) is 0 Å². The number of hydrogen-bond acceptors (Lipinski definition) is 3. The Morgan fingerprint density at radius 2 is 1.59 bits per heavy atom. The first kappa shape index (κ1) is 18.8. The fourth-order valence-electron chi connectivity index (χ4n) is 3.01. The van der Waals surface area contributed by atoms with Crippen LogP contribution in [0.2, 0.25) is 0 Å². The normalized spacial score (nSPS) is 14.1. The molecule has 3 rings (SSSR count). The molecule has 0 unspecified atom stereocenters. The minimum atomic E-state index is -0.427. The molecule has 1 N–H and O–H groups in total. The van der Waals surface area contributed by atoms with Crippen molar-refractivity contribution in [3.05, 3.63) is 65.7 Å². The molecular weight excluding hydrogens is 352 g/mol. The zero-order valence-corrected chi connectivity index (χ0v) is 14.8. The number of amides is 2. The molecule has 2 amide bonds. The number of carbonyl (C=O) groups excluding carboxylic acids is 2. The first-order valence-electron chi connectivity index (χ1n) is 8.81. The zero-order chi connectivity index (χ0) is 19.2. The summed E-state index contributed by atoms with van der Waals surface area (Å²) in [4.78, 5) is 28.0. The smallest absolute Gasteiger partial charge is 0.232 e. The molecule has 0 aromatic heterocycles. The third-order valence-electron chi connectivity index (χ3n) is 4.57. The summed E-state index contributed by atoms with van der Waals surface area (Å²) < 4.78 is 26.5. The SMILES string of the molecule is O=C(CC(=O)N1CCN(c2ccc(F)cc2)CC1)NCc1ccccc1F. The Morgan fingerprint density at radius 3 is 2.26 bits per heavy atom. The van der Waals surface area contributed by atoms with Gasteiger partial charge in [0.15, 0.2) is 0 Å². The van der Waals surface area contributed by atoms with Crippen molar-refractivity contribution in [3.8, 4) is 0 Å². The van der Waals surface area contributed by atoms with E-state index in [1.54, 1.807) is 35.2 Å². The molecule has 1 aliphatic rings. The van der Waals surface area contributed by atoms with Crippen molar-refractivity contribution >= 4 is 17.5 Å². The Kier molecular flexibility index (Phi) is 6.01. The van der Waals surface area contributed by atoms with Crippen LogP contribution in [-0.2, 0) is 16.1 Å². The van der Waals surface area contributed by atoms with Gasteiger partial charge in [0.25, 0.3) is 0 Å². The van der Waals surface area contributed by atoms with Crippen molar-refractivity contribution < 1.29 is 18.4 Å². The van der Waals surface area contributed by atoms with Crippen LogP contribution in [0.5, 0.6) is 0 Å². The summed E-state index contributed by atoms with van der Waals surface area (Å²) in [6.07, 6.45) is -0.259. The van der Waals surface area contributed by atoms with Gasteiger partial charge in [0, 0.05) is 44.0 Å². The van der Waals surface area contributed by atoms with Crippen molar-refractivity contribution in [3.63, 3.8) is 0 Å². The van der Waals surface area contributed by atoms with Crippen LogP contribution in [0.15, 0.2) is 48.5 Å². The largest absolute Gasteiger partial charge is 0.368 e. The summed E-state index contributed by atoms with van der Waals surface area (Å²) >= 11 is 0. The molecule has 142 valence electrons. The van der Waals surface area contributed by atoms with Crippen molar-refractivity contribution in [2.75, 3.05) is 31.1 Å². The first-order valence-corrected chi connectivity index (χ1v) is 8.81. The van der Waals surface area contributed by atoms with Gasteiger partial charge in [-0.05, 0) is 30.3 Å². The van der Waals surface area contributed by atoms with Crippen LogP contribution in [0.25, 0.3) is 0 Å². The van der Waals surface area contributed by atoms with Gasteiger partial charge >= 0.3 is 0 Å². The molecule has 0 spiro atoms. The molecule has 2 aromatic carbocycles. The summed E-state index contributed by atoms with van der Waals surface area (Å²) in [5.74, 6) is -1.35. The highest BCUT2D eigenvalue weighted by Gasteiger charge is 2.23. The number of halogens is 2. The lowest BCUT2D eigenvalue weighted by Gasteiger charge is -2.36. The number of hydrogen-bond donors (Lipinski definition) is 1. The van der Waals surface area contributed by atoms with Crippen LogP contribution in [-0.4, -0.2) is 42.9 Å². The van der Waals surface area contributed by atoms with Crippen LogP contribution >= 0.6 is 0 Å². The lowest BCUT2D eigenvalue weighted by Crippen LogP contribution is -2.49. The van der Waals surface area contributed by atoms with E-state index in [-0.39, 0.29) is 30.5 Å². The standard InChI is InChI=1S/C20H21F2N3O2/c21-16-5-7-17(8-6-16)24-9-11-25(12-10-24)20(27)13-19(26)23-14-15-3-1-2-4-18(15)22/h1-8H,9-14H2,(H,23,26). The van der Waals surface area contributed by atoms with E-state index in [0.29, 0.717) is 31.7 Å². The number of carbonyl (C=O) groups is 2. The van der Waals surface area contributed by atoms with Crippen LogP contribution in [0.4, 0.5) is 14.5 Å². The highest BCUT2D eigenvalue weighted by Crippen LogP contribution is 2.17. The number of rotatable bonds is 5. The van der Waals surface area contributed by atoms with E-state index >= 15 is 0 Å². The highest BCUT2D eigenvalue weighted by molar-refractivity contribution is 5.96. The Hall–Kier alpha value is -2.96. The minimum absolute atomic E-state index is 0.0527. The molecule has 1 heterocycles. The van der Waals surface area contributed by atoms with Crippen molar-refractivity contribution in [1.29, 1.82) is 0 Å².